The number of hydrogen-bond donors (Lipinski definition) is 0. The van der Waals surface area contributed by atoms with Gasteiger partial charge in [-0.1, -0.05) is 0 Å². The minimum Gasteiger partial charge on any atom is -0.275 e. The zero-order valence-electron chi connectivity index (χ0n) is 19.0. The Hall–Kier alpha value is -3.77. The van der Waals surface area contributed by atoms with Crippen molar-refractivity contribution in [1.82, 2.24) is 38.5 Å². The van der Waals surface area contributed by atoms with Crippen molar-refractivity contribution in [1.29, 1.82) is 5.26 Å². The molecule has 0 atom stereocenters. The second-order valence-electron chi connectivity index (χ2n) is 8.59. The number of hydrogen-bond acceptors (Lipinski definition) is 7. The first-order valence-corrected chi connectivity index (χ1v) is 12.3. The molecule has 188 valence electrons. The van der Waals surface area contributed by atoms with E-state index in [1.54, 1.807) is 58.0 Å². The molecule has 0 saturated carbocycles. The van der Waals surface area contributed by atoms with Gasteiger partial charge in [0.1, 0.15) is 11.4 Å². The van der Waals surface area contributed by atoms with Crippen LogP contribution in [0.3, 0.4) is 0 Å². The summed E-state index contributed by atoms with van der Waals surface area (Å²) in [5.74, 6) is 0. The monoisotopic (exact) mass is 519 g/mol. The average molecular weight is 520 g/mol. The molecule has 0 aliphatic carbocycles. The van der Waals surface area contributed by atoms with Crippen LogP contribution in [0.4, 0.5) is 13.2 Å². The molecular formula is C21H20F3N9O2S. The highest BCUT2D eigenvalue weighted by molar-refractivity contribution is 7.90. The zero-order valence-corrected chi connectivity index (χ0v) is 19.8. The fourth-order valence-corrected chi connectivity index (χ4v) is 5.40. The van der Waals surface area contributed by atoms with Gasteiger partial charge in [-0.2, -0.15) is 38.0 Å². The standard InChI is InChI=1S/C21H20F3N9O2S/c1-30-9-3-16(29-30)17-14-32-18(2-8-26-32)19(28-17)15-12-27-33(13-15)20(4-7-25)5-10-31(11-6-20)36(34,35)21(22,23)24/h2-3,8-9,12-14H,4-6,10-11H2,1H3. The first kappa shape index (κ1) is 23.9. The molecule has 0 spiro atoms. The third-order valence-electron chi connectivity index (χ3n) is 6.40. The van der Waals surface area contributed by atoms with Gasteiger partial charge < -0.3 is 0 Å². The number of piperidine rings is 1. The Morgan fingerprint density at radius 2 is 1.89 bits per heavy atom. The number of aromatic nitrogens is 7. The lowest BCUT2D eigenvalue weighted by Crippen LogP contribution is -2.51. The first-order chi connectivity index (χ1) is 17.0. The van der Waals surface area contributed by atoms with Crippen molar-refractivity contribution in [2.45, 2.75) is 30.3 Å². The first-order valence-electron chi connectivity index (χ1n) is 10.9. The van der Waals surface area contributed by atoms with Crippen LogP contribution in [0, 0.1) is 11.3 Å². The van der Waals surface area contributed by atoms with Gasteiger partial charge in [0.15, 0.2) is 0 Å². The normalized spacial score (nSPS) is 16.9. The second kappa shape index (κ2) is 8.42. The van der Waals surface area contributed by atoms with E-state index < -0.39 is 21.1 Å². The van der Waals surface area contributed by atoms with E-state index in [0.717, 1.165) is 0 Å². The Labute approximate surface area is 203 Å². The Balaban J connectivity index is 1.50. The van der Waals surface area contributed by atoms with Gasteiger partial charge in [-0.25, -0.2) is 17.9 Å². The third kappa shape index (κ3) is 3.91. The molecule has 0 amide bonds. The van der Waals surface area contributed by atoms with Crippen molar-refractivity contribution in [2.75, 3.05) is 13.1 Å². The van der Waals surface area contributed by atoms with E-state index >= 15 is 0 Å². The van der Waals surface area contributed by atoms with Crippen LogP contribution < -0.4 is 0 Å². The number of sulfonamides is 1. The second-order valence-corrected chi connectivity index (χ2v) is 10.5. The van der Waals surface area contributed by atoms with Crippen LogP contribution in [0.5, 0.6) is 0 Å². The van der Waals surface area contributed by atoms with E-state index in [9.17, 15) is 26.9 Å². The van der Waals surface area contributed by atoms with E-state index in [2.05, 4.69) is 21.4 Å². The SMILES string of the molecule is Cn1ccc(-c2cn3nccc3c(-c3cnn(C4(CC#N)CCN(S(=O)(=O)C(F)(F)F)CC4)c3)n2)n1. The molecule has 0 unspecified atom stereocenters. The highest BCUT2D eigenvalue weighted by Crippen LogP contribution is 2.38. The molecule has 11 nitrogen and oxygen atoms in total. The van der Waals surface area contributed by atoms with Gasteiger partial charge >= 0.3 is 15.5 Å². The van der Waals surface area contributed by atoms with Crippen LogP contribution in [-0.4, -0.2) is 65.5 Å². The Kier molecular flexibility index (Phi) is 5.60. The van der Waals surface area contributed by atoms with E-state index in [-0.39, 0.29) is 32.4 Å². The predicted octanol–water partition coefficient (Wildman–Crippen LogP) is 2.55. The highest BCUT2D eigenvalue weighted by atomic mass is 32.2. The molecule has 36 heavy (non-hydrogen) atoms. The van der Waals surface area contributed by atoms with Crippen molar-refractivity contribution in [3.63, 3.8) is 0 Å². The van der Waals surface area contributed by atoms with Gasteiger partial charge in [0.2, 0.25) is 0 Å². The van der Waals surface area contributed by atoms with Crippen molar-refractivity contribution in [3.05, 3.63) is 43.1 Å². The molecule has 0 aromatic carbocycles. The molecule has 4 aromatic rings. The Bertz CT molecular complexity index is 1570. The topological polar surface area (TPSA) is 127 Å². The van der Waals surface area contributed by atoms with Crippen LogP contribution >= 0.6 is 0 Å². The molecule has 1 fully saturated rings. The maximum Gasteiger partial charge on any atom is 0.511 e. The van der Waals surface area contributed by atoms with Gasteiger partial charge in [0, 0.05) is 38.1 Å². The summed E-state index contributed by atoms with van der Waals surface area (Å²) < 4.78 is 68.0. The summed E-state index contributed by atoms with van der Waals surface area (Å²) in [6.07, 6.45) is 8.37. The number of nitriles is 1. The summed E-state index contributed by atoms with van der Waals surface area (Å²) in [4.78, 5) is 4.76. The molecule has 1 aliphatic heterocycles. The number of halogens is 3. The lowest BCUT2D eigenvalue weighted by molar-refractivity contribution is -0.0504. The van der Waals surface area contributed by atoms with Crippen LogP contribution in [0.2, 0.25) is 0 Å². The lowest BCUT2D eigenvalue weighted by atomic mass is 9.85. The van der Waals surface area contributed by atoms with Crippen LogP contribution in [0.15, 0.2) is 43.1 Å². The molecule has 4 aromatic heterocycles. The molecule has 0 N–H and O–H groups in total. The molecule has 0 bridgehead atoms. The van der Waals surface area contributed by atoms with Crippen molar-refractivity contribution < 1.29 is 21.6 Å². The van der Waals surface area contributed by atoms with Crippen LogP contribution in [0.1, 0.15) is 19.3 Å². The highest BCUT2D eigenvalue weighted by Gasteiger charge is 2.52. The molecule has 15 heteroatoms. The Morgan fingerprint density at radius 1 is 1.14 bits per heavy atom. The van der Waals surface area contributed by atoms with Gasteiger partial charge in [0.25, 0.3) is 0 Å². The van der Waals surface area contributed by atoms with Gasteiger partial charge in [-0.05, 0) is 25.0 Å². The van der Waals surface area contributed by atoms with E-state index in [1.165, 1.54) is 0 Å². The van der Waals surface area contributed by atoms with Crippen molar-refractivity contribution >= 4 is 15.5 Å². The summed E-state index contributed by atoms with van der Waals surface area (Å²) in [6, 6.07) is 5.68. The molecule has 1 aliphatic rings. The lowest BCUT2D eigenvalue weighted by Gasteiger charge is -2.40. The molecular weight excluding hydrogens is 499 g/mol. The number of aryl methyl sites for hydroxylation is 1. The third-order valence-corrected chi connectivity index (χ3v) is 8.03. The summed E-state index contributed by atoms with van der Waals surface area (Å²) >= 11 is 0. The molecule has 5 rings (SSSR count). The summed E-state index contributed by atoms with van der Waals surface area (Å²) in [6.45, 7) is -0.752. The maximum atomic E-state index is 13.0. The minimum absolute atomic E-state index is 0.000483. The van der Waals surface area contributed by atoms with Gasteiger partial charge in [-0.3, -0.25) is 9.36 Å². The van der Waals surface area contributed by atoms with E-state index in [1.807, 2.05) is 6.07 Å². The summed E-state index contributed by atoms with van der Waals surface area (Å²) in [5.41, 5.74) is -3.24. The fourth-order valence-electron chi connectivity index (χ4n) is 4.44. The molecule has 1 saturated heterocycles. The van der Waals surface area contributed by atoms with Crippen LogP contribution in [0.25, 0.3) is 28.2 Å². The smallest absolute Gasteiger partial charge is 0.275 e. The Morgan fingerprint density at radius 3 is 2.53 bits per heavy atom. The molecule has 5 heterocycles. The van der Waals surface area contributed by atoms with E-state index in [0.29, 0.717) is 32.5 Å². The van der Waals surface area contributed by atoms with Gasteiger partial charge in [0.05, 0.1) is 47.8 Å². The number of alkyl halides is 3. The number of fused-ring (bicyclic) bond motifs is 1. The minimum atomic E-state index is -5.44. The predicted molar refractivity (Wildman–Crippen MR) is 120 cm³/mol. The van der Waals surface area contributed by atoms with Crippen molar-refractivity contribution in [3.8, 4) is 28.7 Å². The van der Waals surface area contributed by atoms with Crippen molar-refractivity contribution in [2.24, 2.45) is 7.05 Å². The van der Waals surface area contributed by atoms with E-state index in [4.69, 9.17) is 4.98 Å². The number of rotatable bonds is 5. The van der Waals surface area contributed by atoms with Crippen LogP contribution in [-0.2, 0) is 22.6 Å². The summed E-state index contributed by atoms with van der Waals surface area (Å²) in [5, 5.41) is 22.6. The number of nitrogens with zero attached hydrogens (tertiary/aromatic N) is 9. The summed E-state index contributed by atoms with van der Waals surface area (Å²) in [7, 11) is -3.65. The average Bonchev–Trinajstić information content (AvgIpc) is 3.59. The largest absolute Gasteiger partial charge is 0.511 e. The zero-order chi connectivity index (χ0) is 25.7. The van der Waals surface area contributed by atoms with Gasteiger partial charge in [-0.15, -0.1) is 0 Å². The fraction of sp³-hybridized carbons (Fsp3) is 0.381. The maximum absolute atomic E-state index is 13.0. The quantitative estimate of drug-likeness (QED) is 0.397. The molecule has 0 radical (unpaired) electrons.